The molecule has 0 spiro atoms. The van der Waals surface area contributed by atoms with Gasteiger partial charge in [0.15, 0.2) is 0 Å². The summed E-state index contributed by atoms with van der Waals surface area (Å²) in [6, 6.07) is 0. The fourth-order valence-corrected chi connectivity index (χ4v) is 3.09. The van der Waals surface area contributed by atoms with E-state index in [9.17, 15) is 13.2 Å². The van der Waals surface area contributed by atoms with Crippen molar-refractivity contribution in [2.24, 2.45) is 4.99 Å². The summed E-state index contributed by atoms with van der Waals surface area (Å²) in [5.74, 6) is -0.0750. The van der Waals surface area contributed by atoms with E-state index in [4.69, 9.17) is 4.74 Å². The zero-order valence-electron chi connectivity index (χ0n) is 8.55. The molecule has 1 saturated heterocycles. The maximum Gasteiger partial charge on any atom is 0.236 e. The average molecular weight is 234 g/mol. The smallest absolute Gasteiger partial charge is 0.236 e. The highest BCUT2D eigenvalue weighted by Gasteiger charge is 2.33. The fourth-order valence-electron chi connectivity index (χ4n) is 1.54. The van der Waals surface area contributed by atoms with Crippen molar-refractivity contribution in [3.05, 3.63) is 0 Å². The lowest BCUT2D eigenvalue weighted by Gasteiger charge is -2.19. The quantitative estimate of drug-likeness (QED) is 0.484. The summed E-state index contributed by atoms with van der Waals surface area (Å²) in [5.41, 5.74) is 0. The first-order valence-corrected chi connectivity index (χ1v) is 6.28. The molecule has 1 rings (SSSR count). The number of ether oxygens (including phenoxy) is 1. The van der Waals surface area contributed by atoms with Crippen LogP contribution in [-0.2, 0) is 19.6 Å². The predicted octanol–water partition coefficient (Wildman–Crippen LogP) is -0.280. The van der Waals surface area contributed by atoms with E-state index in [1.165, 1.54) is 17.5 Å². The van der Waals surface area contributed by atoms with Crippen LogP contribution < -0.4 is 0 Å². The molecule has 1 aliphatic rings. The number of methoxy groups -OCH3 is 1. The number of sulfonamides is 1. The molecule has 0 aromatic carbocycles. The summed E-state index contributed by atoms with van der Waals surface area (Å²) < 4.78 is 29.4. The van der Waals surface area contributed by atoms with Crippen LogP contribution in [0.3, 0.4) is 0 Å². The highest BCUT2D eigenvalue weighted by Crippen LogP contribution is 2.21. The van der Waals surface area contributed by atoms with Gasteiger partial charge in [0.2, 0.25) is 16.1 Å². The van der Waals surface area contributed by atoms with Crippen LogP contribution in [0.2, 0.25) is 0 Å². The third-order valence-electron chi connectivity index (χ3n) is 2.28. The first kappa shape index (κ1) is 12.3. The van der Waals surface area contributed by atoms with Gasteiger partial charge in [0, 0.05) is 13.7 Å². The molecule has 1 heterocycles. The summed E-state index contributed by atoms with van der Waals surface area (Å²) in [4.78, 5) is 13.6. The summed E-state index contributed by atoms with van der Waals surface area (Å²) in [6.07, 6.45) is 2.15. The third-order valence-corrected chi connectivity index (χ3v) is 4.10. The fraction of sp³-hybridized carbons (Fsp3) is 0.875. The van der Waals surface area contributed by atoms with E-state index in [1.807, 2.05) is 0 Å². The van der Waals surface area contributed by atoms with E-state index in [-0.39, 0.29) is 12.4 Å². The summed E-state index contributed by atoms with van der Waals surface area (Å²) in [6.45, 7) is 0.568. The van der Waals surface area contributed by atoms with Gasteiger partial charge in [-0.1, -0.05) is 0 Å². The van der Waals surface area contributed by atoms with Gasteiger partial charge in [-0.05, 0) is 12.8 Å². The maximum absolute atomic E-state index is 11.7. The van der Waals surface area contributed by atoms with Crippen molar-refractivity contribution in [3.63, 3.8) is 0 Å². The Morgan fingerprint density at radius 2 is 2.33 bits per heavy atom. The van der Waals surface area contributed by atoms with Crippen LogP contribution >= 0.6 is 0 Å². The molecule has 0 aromatic heterocycles. The minimum absolute atomic E-state index is 0.0750. The minimum atomic E-state index is -3.36. The molecule has 0 amide bonds. The van der Waals surface area contributed by atoms with Crippen LogP contribution in [0.15, 0.2) is 4.99 Å². The van der Waals surface area contributed by atoms with E-state index < -0.39 is 16.2 Å². The zero-order valence-corrected chi connectivity index (χ0v) is 9.37. The van der Waals surface area contributed by atoms with Gasteiger partial charge in [-0.25, -0.2) is 13.2 Å². The summed E-state index contributed by atoms with van der Waals surface area (Å²) >= 11 is 0. The summed E-state index contributed by atoms with van der Waals surface area (Å²) in [5, 5.41) is 0. The standard InChI is InChI=1S/C8H14N2O4S/c1-14-5-6-15(12,13)10-4-2-3-8(10)9-7-11/h8H,2-6H2,1H3. The Labute approximate surface area is 89.0 Å². The first-order chi connectivity index (χ1) is 7.11. The Bertz CT molecular complexity index is 348. The molecular weight excluding hydrogens is 220 g/mol. The molecule has 0 N–H and O–H groups in total. The lowest BCUT2D eigenvalue weighted by Crippen LogP contribution is -2.37. The number of rotatable bonds is 5. The van der Waals surface area contributed by atoms with Crippen molar-refractivity contribution in [2.45, 2.75) is 19.0 Å². The van der Waals surface area contributed by atoms with Gasteiger partial charge in [0.1, 0.15) is 6.17 Å². The van der Waals surface area contributed by atoms with Crippen molar-refractivity contribution in [2.75, 3.05) is 26.0 Å². The van der Waals surface area contributed by atoms with E-state index in [2.05, 4.69) is 4.99 Å². The largest absolute Gasteiger partial charge is 0.384 e. The van der Waals surface area contributed by atoms with Crippen molar-refractivity contribution in [1.29, 1.82) is 0 Å². The van der Waals surface area contributed by atoms with Gasteiger partial charge in [-0.15, -0.1) is 0 Å². The number of isocyanates is 1. The van der Waals surface area contributed by atoms with E-state index in [0.29, 0.717) is 13.0 Å². The second-order valence-electron chi connectivity index (χ2n) is 3.26. The number of aliphatic imine (C=N–C) groups is 1. The van der Waals surface area contributed by atoms with Gasteiger partial charge >= 0.3 is 0 Å². The number of carbonyl (C=O) groups excluding carboxylic acids is 1. The Kier molecular flexibility index (Phi) is 4.41. The zero-order chi connectivity index (χ0) is 11.3. The molecule has 15 heavy (non-hydrogen) atoms. The molecular formula is C8H14N2O4S. The Morgan fingerprint density at radius 1 is 1.60 bits per heavy atom. The predicted molar refractivity (Wildman–Crippen MR) is 53.5 cm³/mol. The van der Waals surface area contributed by atoms with Crippen molar-refractivity contribution in [1.82, 2.24) is 4.31 Å². The Hall–Kier alpha value is -0.750. The van der Waals surface area contributed by atoms with Crippen LogP contribution in [0.1, 0.15) is 12.8 Å². The highest BCUT2D eigenvalue weighted by molar-refractivity contribution is 7.89. The van der Waals surface area contributed by atoms with E-state index in [1.54, 1.807) is 0 Å². The molecule has 1 aliphatic heterocycles. The lowest BCUT2D eigenvalue weighted by atomic mass is 10.3. The minimum Gasteiger partial charge on any atom is -0.384 e. The second-order valence-corrected chi connectivity index (χ2v) is 5.30. The van der Waals surface area contributed by atoms with Crippen LogP contribution in [-0.4, -0.2) is 51.0 Å². The number of hydrogen-bond donors (Lipinski definition) is 0. The average Bonchev–Trinajstić information content (AvgIpc) is 2.64. The van der Waals surface area contributed by atoms with E-state index in [0.717, 1.165) is 6.42 Å². The summed E-state index contributed by atoms with van der Waals surface area (Å²) in [7, 11) is -1.91. The molecule has 1 atom stereocenters. The number of hydrogen-bond acceptors (Lipinski definition) is 5. The molecule has 0 radical (unpaired) electrons. The Morgan fingerprint density at radius 3 is 2.93 bits per heavy atom. The first-order valence-electron chi connectivity index (χ1n) is 4.67. The number of nitrogens with zero attached hydrogens (tertiary/aromatic N) is 2. The van der Waals surface area contributed by atoms with Crippen LogP contribution in [0.5, 0.6) is 0 Å². The molecule has 0 aliphatic carbocycles. The van der Waals surface area contributed by atoms with Gasteiger partial charge in [0.25, 0.3) is 0 Å². The SMILES string of the molecule is COCCS(=O)(=O)N1CCCC1N=C=O. The van der Waals surface area contributed by atoms with Gasteiger partial charge in [-0.2, -0.15) is 9.30 Å². The molecule has 1 fully saturated rings. The lowest BCUT2D eigenvalue weighted by molar-refractivity contribution is 0.215. The van der Waals surface area contributed by atoms with Gasteiger partial charge in [-0.3, -0.25) is 0 Å². The topological polar surface area (TPSA) is 76.0 Å². The van der Waals surface area contributed by atoms with Gasteiger partial charge in [0.05, 0.1) is 12.4 Å². The second kappa shape index (κ2) is 5.37. The third kappa shape index (κ3) is 3.10. The Balaban J connectivity index is 2.72. The monoisotopic (exact) mass is 234 g/mol. The van der Waals surface area contributed by atoms with Crippen LogP contribution in [0, 0.1) is 0 Å². The molecule has 86 valence electrons. The molecule has 0 bridgehead atoms. The normalized spacial score (nSPS) is 22.6. The molecule has 0 aromatic rings. The van der Waals surface area contributed by atoms with Crippen LogP contribution in [0.4, 0.5) is 0 Å². The van der Waals surface area contributed by atoms with E-state index >= 15 is 0 Å². The van der Waals surface area contributed by atoms with Crippen molar-refractivity contribution >= 4 is 16.1 Å². The highest BCUT2D eigenvalue weighted by atomic mass is 32.2. The molecule has 7 heteroatoms. The molecule has 6 nitrogen and oxygen atoms in total. The van der Waals surface area contributed by atoms with Crippen LogP contribution in [0.25, 0.3) is 0 Å². The maximum atomic E-state index is 11.7. The van der Waals surface area contributed by atoms with Crippen molar-refractivity contribution < 1.29 is 17.9 Å². The van der Waals surface area contributed by atoms with Gasteiger partial charge < -0.3 is 4.74 Å². The van der Waals surface area contributed by atoms with Crippen molar-refractivity contribution in [3.8, 4) is 0 Å². The molecule has 1 unspecified atom stereocenters. The molecule has 0 saturated carbocycles.